The number of hydrogen-bond acceptors (Lipinski definition) is 5. The molecule has 1 atom stereocenters. The van der Waals surface area contributed by atoms with E-state index in [4.69, 9.17) is 9.47 Å². The van der Waals surface area contributed by atoms with Crippen LogP contribution in [0.5, 0.6) is 5.75 Å². The number of piperidine rings is 1. The largest absolute Gasteiger partial charge is 0.497 e. The average molecular weight is 560 g/mol. The lowest BCUT2D eigenvalue weighted by atomic mass is 9.98. The van der Waals surface area contributed by atoms with Gasteiger partial charge in [-0.2, -0.15) is 0 Å². The van der Waals surface area contributed by atoms with Crippen molar-refractivity contribution in [3.63, 3.8) is 0 Å². The number of ether oxygens (including phenoxy) is 2. The molecule has 1 aromatic rings. The molecule has 0 saturated carbocycles. The van der Waals surface area contributed by atoms with E-state index in [0.29, 0.717) is 0 Å². The number of aliphatic imine (C=N–C) groups is 1. The average Bonchev–Trinajstić information content (AvgIpc) is 2.82. The molecule has 0 amide bonds. The van der Waals surface area contributed by atoms with Gasteiger partial charge in [0.15, 0.2) is 5.96 Å². The minimum absolute atomic E-state index is 0. The lowest BCUT2D eigenvalue weighted by molar-refractivity contribution is 0.0169. The van der Waals surface area contributed by atoms with E-state index in [1.807, 2.05) is 19.2 Å². The van der Waals surface area contributed by atoms with Crippen molar-refractivity contribution in [3.05, 3.63) is 29.8 Å². The van der Waals surface area contributed by atoms with Crippen molar-refractivity contribution < 1.29 is 9.47 Å². The molecule has 1 unspecified atom stereocenters. The van der Waals surface area contributed by atoms with E-state index in [1.54, 1.807) is 7.11 Å². The Kier molecular flexibility index (Phi) is 11.5. The molecule has 2 fully saturated rings. The maximum Gasteiger partial charge on any atom is 0.191 e. The Morgan fingerprint density at radius 1 is 1.06 bits per heavy atom. The van der Waals surface area contributed by atoms with Crippen LogP contribution in [0.25, 0.3) is 0 Å². The fourth-order valence-electron chi connectivity index (χ4n) is 4.50. The molecule has 0 bridgehead atoms. The van der Waals surface area contributed by atoms with Crippen LogP contribution in [0.1, 0.15) is 44.7 Å². The second-order valence-corrected chi connectivity index (χ2v) is 9.10. The zero-order chi connectivity index (χ0) is 22.1. The van der Waals surface area contributed by atoms with Crippen LogP contribution in [0.2, 0.25) is 0 Å². The van der Waals surface area contributed by atoms with Crippen LogP contribution in [-0.2, 0) is 4.74 Å². The summed E-state index contributed by atoms with van der Waals surface area (Å²) in [5, 5.41) is 7.15. The van der Waals surface area contributed by atoms with Gasteiger partial charge in [-0.1, -0.05) is 18.6 Å². The van der Waals surface area contributed by atoms with E-state index in [0.717, 1.165) is 51.1 Å². The Morgan fingerprint density at radius 3 is 2.31 bits per heavy atom. The van der Waals surface area contributed by atoms with Gasteiger partial charge >= 0.3 is 0 Å². The predicted molar refractivity (Wildman–Crippen MR) is 142 cm³/mol. The molecule has 2 aliphatic heterocycles. The predicted octanol–water partition coefficient (Wildman–Crippen LogP) is 3.12. The van der Waals surface area contributed by atoms with Crippen LogP contribution in [0.15, 0.2) is 29.3 Å². The lowest BCUT2D eigenvalue weighted by Crippen LogP contribution is -2.55. The number of rotatable bonds is 8. The van der Waals surface area contributed by atoms with Crippen molar-refractivity contribution in [2.75, 3.05) is 66.6 Å². The van der Waals surface area contributed by atoms with E-state index in [-0.39, 0.29) is 35.6 Å². The number of nitrogens with one attached hydrogen (secondary N) is 2. The number of nitrogens with zero attached hydrogens (tertiary/aromatic N) is 3. The van der Waals surface area contributed by atoms with Crippen molar-refractivity contribution in [3.8, 4) is 5.75 Å². The first-order valence-electron chi connectivity index (χ1n) is 11.7. The van der Waals surface area contributed by atoms with E-state index >= 15 is 0 Å². The van der Waals surface area contributed by atoms with Crippen molar-refractivity contribution >= 4 is 29.9 Å². The van der Waals surface area contributed by atoms with Gasteiger partial charge in [-0.25, -0.2) is 0 Å². The van der Waals surface area contributed by atoms with Crippen molar-refractivity contribution in [1.82, 2.24) is 20.4 Å². The van der Waals surface area contributed by atoms with E-state index in [9.17, 15) is 0 Å². The van der Waals surface area contributed by atoms with Crippen LogP contribution in [0.4, 0.5) is 0 Å². The number of halogens is 1. The van der Waals surface area contributed by atoms with Gasteiger partial charge in [0.2, 0.25) is 0 Å². The summed E-state index contributed by atoms with van der Waals surface area (Å²) in [6.45, 7) is 12.1. The van der Waals surface area contributed by atoms with E-state index in [1.165, 1.54) is 37.9 Å². The molecular weight excluding hydrogens is 517 g/mol. The number of methoxy groups -OCH3 is 1. The maximum absolute atomic E-state index is 5.58. The van der Waals surface area contributed by atoms with Crippen molar-refractivity contribution in [1.29, 1.82) is 0 Å². The summed E-state index contributed by atoms with van der Waals surface area (Å²) in [5.74, 6) is 1.74. The molecule has 0 aliphatic carbocycles. The molecule has 2 saturated heterocycles. The molecule has 182 valence electrons. The van der Waals surface area contributed by atoms with Gasteiger partial charge in [0, 0.05) is 38.8 Å². The molecule has 3 rings (SSSR count). The molecule has 0 radical (unpaired) electrons. The Balaban J connectivity index is 0.00000363. The first kappa shape index (κ1) is 27.1. The summed E-state index contributed by atoms with van der Waals surface area (Å²) < 4.78 is 10.9. The highest BCUT2D eigenvalue weighted by molar-refractivity contribution is 14.0. The van der Waals surface area contributed by atoms with Gasteiger partial charge < -0.3 is 20.1 Å². The number of guanidine groups is 1. The van der Waals surface area contributed by atoms with Gasteiger partial charge in [-0.15, -0.1) is 24.0 Å². The summed E-state index contributed by atoms with van der Waals surface area (Å²) >= 11 is 0. The lowest BCUT2D eigenvalue weighted by Gasteiger charge is -2.41. The SMILES string of the molecule is CN=C(NCC(c1ccc(OC)cc1)N1CCOCC1)NCC(C)(C)N1CCCCC1.I. The quantitative estimate of drug-likeness (QED) is 0.290. The standard InChI is InChI=1S/C24H41N5O2.HI/c1-24(2,29-12-6-5-7-13-29)19-27-23(25-3)26-18-22(28-14-16-31-17-15-28)20-8-10-21(30-4)11-9-20;/h8-11,22H,5-7,12-19H2,1-4H3,(H2,25,26,27);1H. The van der Waals surface area contributed by atoms with Crippen LogP contribution in [0.3, 0.4) is 0 Å². The van der Waals surface area contributed by atoms with E-state index in [2.05, 4.69) is 51.4 Å². The van der Waals surface area contributed by atoms with Crippen LogP contribution >= 0.6 is 24.0 Å². The van der Waals surface area contributed by atoms with Gasteiger partial charge in [-0.05, 0) is 57.5 Å². The third kappa shape index (κ3) is 7.74. The first-order valence-corrected chi connectivity index (χ1v) is 11.7. The smallest absolute Gasteiger partial charge is 0.191 e. The monoisotopic (exact) mass is 559 g/mol. The molecule has 2 N–H and O–H groups in total. The molecule has 1 aromatic carbocycles. The summed E-state index contributed by atoms with van der Waals surface area (Å²) in [5.41, 5.74) is 1.39. The van der Waals surface area contributed by atoms with Gasteiger partial charge in [0.25, 0.3) is 0 Å². The molecule has 7 nitrogen and oxygen atoms in total. The number of benzene rings is 1. The van der Waals surface area contributed by atoms with E-state index < -0.39 is 0 Å². The van der Waals surface area contributed by atoms with Crippen molar-refractivity contribution in [2.45, 2.75) is 44.7 Å². The third-order valence-corrected chi connectivity index (χ3v) is 6.57. The second kappa shape index (κ2) is 13.6. The number of morpholine rings is 1. The first-order chi connectivity index (χ1) is 15.0. The Hall–Kier alpha value is -1.10. The molecular formula is C24H42IN5O2. The number of likely N-dealkylation sites (tertiary alicyclic amines) is 1. The highest BCUT2D eigenvalue weighted by atomic mass is 127. The zero-order valence-electron chi connectivity index (χ0n) is 20.2. The maximum atomic E-state index is 5.58. The fraction of sp³-hybridized carbons (Fsp3) is 0.708. The second-order valence-electron chi connectivity index (χ2n) is 9.10. The summed E-state index contributed by atoms with van der Waals surface area (Å²) in [6.07, 6.45) is 3.97. The summed E-state index contributed by atoms with van der Waals surface area (Å²) in [4.78, 5) is 9.58. The normalized spacial score (nSPS) is 19.7. The molecule has 0 spiro atoms. The molecule has 2 heterocycles. The molecule has 2 aliphatic rings. The highest BCUT2D eigenvalue weighted by Crippen LogP contribution is 2.24. The van der Waals surface area contributed by atoms with Gasteiger partial charge in [0.05, 0.1) is 26.4 Å². The Morgan fingerprint density at radius 2 is 1.72 bits per heavy atom. The fourth-order valence-corrected chi connectivity index (χ4v) is 4.50. The minimum atomic E-state index is 0. The highest BCUT2D eigenvalue weighted by Gasteiger charge is 2.28. The summed E-state index contributed by atoms with van der Waals surface area (Å²) in [6, 6.07) is 8.66. The topological polar surface area (TPSA) is 61.4 Å². The van der Waals surface area contributed by atoms with Crippen LogP contribution in [-0.4, -0.2) is 87.9 Å². The molecule has 8 heteroatoms. The molecule has 32 heavy (non-hydrogen) atoms. The van der Waals surface area contributed by atoms with Gasteiger partial charge in [-0.3, -0.25) is 14.8 Å². The third-order valence-electron chi connectivity index (χ3n) is 6.57. The Labute approximate surface area is 211 Å². The summed E-state index contributed by atoms with van der Waals surface area (Å²) in [7, 11) is 3.55. The molecule has 0 aromatic heterocycles. The minimum Gasteiger partial charge on any atom is -0.497 e. The number of hydrogen-bond donors (Lipinski definition) is 2. The van der Waals surface area contributed by atoms with Crippen LogP contribution in [0, 0.1) is 0 Å². The zero-order valence-corrected chi connectivity index (χ0v) is 22.6. The van der Waals surface area contributed by atoms with Gasteiger partial charge in [0.1, 0.15) is 5.75 Å². The van der Waals surface area contributed by atoms with Crippen molar-refractivity contribution in [2.24, 2.45) is 4.99 Å². The van der Waals surface area contributed by atoms with Crippen LogP contribution < -0.4 is 15.4 Å². The Bertz CT molecular complexity index is 686.